The number of benzene rings is 2. The number of hydrogen-bond acceptors (Lipinski definition) is 4. The summed E-state index contributed by atoms with van der Waals surface area (Å²) in [6, 6.07) is 14.3. The van der Waals surface area contributed by atoms with Gasteiger partial charge >= 0.3 is 0 Å². The van der Waals surface area contributed by atoms with Crippen LogP contribution in [0.4, 0.5) is 0 Å². The van der Waals surface area contributed by atoms with Crippen LogP contribution in [0.15, 0.2) is 62.8 Å². The van der Waals surface area contributed by atoms with Crippen molar-refractivity contribution < 1.29 is 13.2 Å². The van der Waals surface area contributed by atoms with Crippen molar-refractivity contribution >= 4 is 43.6 Å². The number of amides is 1. The van der Waals surface area contributed by atoms with E-state index in [4.69, 9.17) is 0 Å². The van der Waals surface area contributed by atoms with Crippen LogP contribution in [0.25, 0.3) is 0 Å². The number of aryl methyl sites for hydroxylation is 1. The summed E-state index contributed by atoms with van der Waals surface area (Å²) < 4.78 is 28.7. The molecule has 5 nitrogen and oxygen atoms in total. The lowest BCUT2D eigenvalue weighted by Gasteiger charge is -2.32. The van der Waals surface area contributed by atoms with Crippen molar-refractivity contribution in [1.82, 2.24) is 9.62 Å². The fourth-order valence-corrected chi connectivity index (χ4v) is 5.85. The van der Waals surface area contributed by atoms with Crippen LogP contribution in [-0.2, 0) is 14.8 Å². The van der Waals surface area contributed by atoms with E-state index in [1.54, 1.807) is 42.1 Å². The Hall–Kier alpha value is -1.35. The van der Waals surface area contributed by atoms with Gasteiger partial charge < -0.3 is 4.90 Å². The molecule has 0 unspecified atom stereocenters. The van der Waals surface area contributed by atoms with Gasteiger partial charge in [0.2, 0.25) is 15.9 Å². The summed E-state index contributed by atoms with van der Waals surface area (Å²) >= 11 is 4.99. The number of piperidine rings is 1. The lowest BCUT2D eigenvalue weighted by molar-refractivity contribution is -0.129. The van der Waals surface area contributed by atoms with Gasteiger partial charge in [-0.3, -0.25) is 4.79 Å². The van der Waals surface area contributed by atoms with E-state index >= 15 is 0 Å². The standard InChI is InChI=1S/C20H23BrN2O3S2/c1-15-13-16(21)7-8-19(15)27-14-20(24)23-11-9-17(10-12-23)22-28(25,26)18-5-3-2-4-6-18/h2-8,13,17,22H,9-12,14H2,1H3. The molecule has 1 amide bonds. The molecule has 1 saturated heterocycles. The van der Waals surface area contributed by atoms with Crippen LogP contribution in [0.1, 0.15) is 18.4 Å². The highest BCUT2D eigenvalue weighted by Gasteiger charge is 2.26. The third-order valence-electron chi connectivity index (χ3n) is 4.71. The van der Waals surface area contributed by atoms with Gasteiger partial charge in [0, 0.05) is 28.5 Å². The van der Waals surface area contributed by atoms with Crippen molar-refractivity contribution in [3.63, 3.8) is 0 Å². The number of rotatable bonds is 6. The second kappa shape index (κ2) is 9.43. The van der Waals surface area contributed by atoms with E-state index in [1.165, 1.54) is 0 Å². The van der Waals surface area contributed by atoms with Crippen LogP contribution >= 0.6 is 27.7 Å². The van der Waals surface area contributed by atoms with Crippen molar-refractivity contribution in [2.45, 2.75) is 35.6 Å². The van der Waals surface area contributed by atoms with Crippen molar-refractivity contribution in [2.24, 2.45) is 0 Å². The quantitative estimate of drug-likeness (QED) is 0.635. The number of carbonyl (C=O) groups is 1. The number of carbonyl (C=O) groups excluding carboxylic acids is 1. The number of nitrogens with one attached hydrogen (secondary N) is 1. The van der Waals surface area contributed by atoms with Crippen LogP contribution in [0, 0.1) is 6.92 Å². The highest BCUT2D eigenvalue weighted by Crippen LogP contribution is 2.26. The molecule has 8 heteroatoms. The zero-order valence-corrected chi connectivity index (χ0v) is 18.8. The Balaban J connectivity index is 1.49. The van der Waals surface area contributed by atoms with Crippen molar-refractivity contribution in [1.29, 1.82) is 0 Å². The molecule has 3 rings (SSSR count). The van der Waals surface area contributed by atoms with Crippen molar-refractivity contribution in [3.8, 4) is 0 Å². The Morgan fingerprint density at radius 3 is 2.50 bits per heavy atom. The summed E-state index contributed by atoms with van der Waals surface area (Å²) in [5.41, 5.74) is 1.14. The van der Waals surface area contributed by atoms with Crippen LogP contribution in [0.3, 0.4) is 0 Å². The molecule has 150 valence electrons. The molecule has 2 aromatic rings. The lowest BCUT2D eigenvalue weighted by atomic mass is 10.1. The second-order valence-electron chi connectivity index (χ2n) is 6.79. The zero-order valence-electron chi connectivity index (χ0n) is 15.6. The molecule has 0 saturated carbocycles. The van der Waals surface area contributed by atoms with Crippen LogP contribution in [0.2, 0.25) is 0 Å². The Kier molecular flexibility index (Phi) is 7.20. The fraction of sp³-hybridized carbons (Fsp3) is 0.350. The third kappa shape index (κ3) is 5.59. The first-order valence-electron chi connectivity index (χ1n) is 9.09. The van der Waals surface area contributed by atoms with Gasteiger partial charge in [0.05, 0.1) is 10.6 Å². The normalized spacial score (nSPS) is 15.6. The largest absolute Gasteiger partial charge is 0.342 e. The van der Waals surface area contributed by atoms with Crippen molar-refractivity contribution in [3.05, 3.63) is 58.6 Å². The molecule has 1 aliphatic heterocycles. The smallest absolute Gasteiger partial charge is 0.240 e. The Bertz CT molecular complexity index is 928. The molecule has 1 fully saturated rings. The molecular weight excluding hydrogens is 460 g/mol. The van der Waals surface area contributed by atoms with Gasteiger partial charge in [-0.1, -0.05) is 34.1 Å². The van der Waals surface area contributed by atoms with E-state index in [0.717, 1.165) is 14.9 Å². The summed E-state index contributed by atoms with van der Waals surface area (Å²) in [4.78, 5) is 15.7. The molecule has 0 atom stereocenters. The molecule has 1 aliphatic rings. The Morgan fingerprint density at radius 2 is 1.86 bits per heavy atom. The average Bonchev–Trinajstić information content (AvgIpc) is 2.68. The first kappa shape index (κ1) is 21.4. The number of thioether (sulfide) groups is 1. The van der Waals surface area contributed by atoms with Gasteiger partial charge in [0.1, 0.15) is 0 Å². The first-order chi connectivity index (χ1) is 13.3. The monoisotopic (exact) mass is 482 g/mol. The summed E-state index contributed by atoms with van der Waals surface area (Å²) in [5.74, 6) is 0.486. The van der Waals surface area contributed by atoms with E-state index in [2.05, 4.69) is 20.7 Å². The summed E-state index contributed by atoms with van der Waals surface area (Å²) in [6.07, 6.45) is 1.25. The molecule has 0 aromatic heterocycles. The SMILES string of the molecule is Cc1cc(Br)ccc1SCC(=O)N1CCC(NS(=O)(=O)c2ccccc2)CC1. The van der Waals surface area contributed by atoms with E-state index < -0.39 is 10.0 Å². The average molecular weight is 483 g/mol. The maximum absolute atomic E-state index is 12.5. The van der Waals surface area contributed by atoms with Gasteiger partial charge in [-0.2, -0.15) is 0 Å². The Morgan fingerprint density at radius 1 is 1.18 bits per heavy atom. The number of halogens is 1. The minimum atomic E-state index is -3.51. The summed E-state index contributed by atoms with van der Waals surface area (Å²) in [6.45, 7) is 3.17. The molecule has 0 radical (unpaired) electrons. The molecule has 0 spiro atoms. The predicted octanol–water partition coefficient (Wildman–Crippen LogP) is 3.82. The third-order valence-corrected chi connectivity index (χ3v) is 7.90. The van der Waals surface area contributed by atoms with E-state index in [0.29, 0.717) is 31.7 Å². The van der Waals surface area contributed by atoms with E-state index in [1.807, 2.05) is 30.0 Å². The van der Waals surface area contributed by atoms with Gasteiger partial charge in [0.15, 0.2) is 0 Å². The van der Waals surface area contributed by atoms with E-state index in [9.17, 15) is 13.2 Å². The fourth-order valence-electron chi connectivity index (χ4n) is 3.14. The Labute approximate surface area is 179 Å². The molecular formula is C20H23BrN2O3S2. The second-order valence-corrected chi connectivity index (χ2v) is 10.4. The minimum Gasteiger partial charge on any atom is -0.342 e. The predicted molar refractivity (Wildman–Crippen MR) is 116 cm³/mol. The maximum atomic E-state index is 12.5. The number of hydrogen-bond donors (Lipinski definition) is 1. The molecule has 2 aromatic carbocycles. The number of nitrogens with zero attached hydrogens (tertiary/aromatic N) is 1. The van der Waals surface area contributed by atoms with Crippen LogP contribution < -0.4 is 4.72 Å². The topological polar surface area (TPSA) is 66.5 Å². The van der Waals surface area contributed by atoms with Gasteiger partial charge in [-0.05, 0) is 55.7 Å². The first-order valence-corrected chi connectivity index (χ1v) is 12.4. The number of likely N-dealkylation sites (tertiary alicyclic amines) is 1. The van der Waals surface area contributed by atoms with Crippen molar-refractivity contribution in [2.75, 3.05) is 18.8 Å². The summed E-state index contributed by atoms with van der Waals surface area (Å²) in [7, 11) is -3.51. The maximum Gasteiger partial charge on any atom is 0.240 e. The highest BCUT2D eigenvalue weighted by atomic mass is 79.9. The minimum absolute atomic E-state index is 0.0942. The molecule has 0 aliphatic carbocycles. The highest BCUT2D eigenvalue weighted by molar-refractivity contribution is 9.10. The molecule has 1 N–H and O–H groups in total. The van der Waals surface area contributed by atoms with Gasteiger partial charge in [-0.15, -0.1) is 11.8 Å². The van der Waals surface area contributed by atoms with Crippen LogP contribution in [0.5, 0.6) is 0 Å². The van der Waals surface area contributed by atoms with Gasteiger partial charge in [-0.25, -0.2) is 13.1 Å². The van der Waals surface area contributed by atoms with Crippen LogP contribution in [-0.4, -0.2) is 44.1 Å². The summed E-state index contributed by atoms with van der Waals surface area (Å²) in [5, 5.41) is 0. The van der Waals surface area contributed by atoms with E-state index in [-0.39, 0.29) is 16.8 Å². The molecule has 0 bridgehead atoms. The molecule has 1 heterocycles. The van der Waals surface area contributed by atoms with Gasteiger partial charge in [0.25, 0.3) is 0 Å². The molecule has 28 heavy (non-hydrogen) atoms. The zero-order chi connectivity index (χ0) is 20.1. The number of sulfonamides is 1. The lowest BCUT2D eigenvalue weighted by Crippen LogP contribution is -2.47.